The summed E-state index contributed by atoms with van der Waals surface area (Å²) in [5.74, 6) is 0.455. The zero-order chi connectivity index (χ0) is 40.2. The van der Waals surface area contributed by atoms with Crippen LogP contribution in [-0.4, -0.2) is 16.3 Å². The molecule has 5 heterocycles. The molecule has 6 nitrogen and oxygen atoms in total. The second kappa shape index (κ2) is 12.0. The second-order valence-electron chi connectivity index (χ2n) is 17.6. The van der Waals surface area contributed by atoms with Crippen molar-refractivity contribution in [2.24, 2.45) is 4.99 Å². The molecule has 0 saturated carbocycles. The molecule has 0 fully saturated rings. The molecule has 3 aromatic heterocycles. The fourth-order valence-corrected chi connectivity index (χ4v) is 12.2. The Balaban J connectivity index is 0.971. The van der Waals surface area contributed by atoms with Crippen LogP contribution in [0.2, 0.25) is 0 Å². The van der Waals surface area contributed by atoms with Gasteiger partial charge in [-0.3, -0.25) is 0 Å². The summed E-state index contributed by atoms with van der Waals surface area (Å²) in [4.78, 5) is 8.44. The van der Waals surface area contributed by atoms with Gasteiger partial charge in [-0.25, -0.2) is 4.99 Å². The van der Waals surface area contributed by atoms with E-state index in [0.29, 0.717) is 0 Å². The average Bonchev–Trinajstić information content (AvgIpc) is 4.08. The maximum absolute atomic E-state index is 6.34. The van der Waals surface area contributed by atoms with E-state index >= 15 is 0 Å². The predicted molar refractivity (Wildman–Crippen MR) is 251 cm³/mol. The van der Waals surface area contributed by atoms with Crippen molar-refractivity contribution in [3.63, 3.8) is 0 Å². The minimum atomic E-state index is -0.351. The third-order valence-corrected chi connectivity index (χ3v) is 14.7. The molecule has 0 spiro atoms. The van der Waals surface area contributed by atoms with E-state index in [9.17, 15) is 0 Å². The number of nitrogens with one attached hydrogen (secondary N) is 1. The molecule has 62 heavy (non-hydrogen) atoms. The smallest absolute Gasteiger partial charge is 0.201 e. The van der Waals surface area contributed by atoms with Gasteiger partial charge in [0.1, 0.15) is 22.3 Å². The zero-order valence-electron chi connectivity index (χ0n) is 33.7. The highest BCUT2D eigenvalue weighted by atomic mass is 16.3. The zero-order valence-corrected chi connectivity index (χ0v) is 33.7. The van der Waals surface area contributed by atoms with E-state index in [0.717, 1.165) is 80.3 Å². The number of allylic oxidation sites excluding steroid dienone is 4. The summed E-state index contributed by atoms with van der Waals surface area (Å²) in [5.41, 5.74) is 20.3. The van der Waals surface area contributed by atoms with E-state index in [1.54, 1.807) is 0 Å². The number of para-hydroxylation sites is 3. The SMILES string of the molecule is C1=CCC2C(=C1)c1cccc3c1c1c(n3C3N=C(c4ccc5oc6ccccc6c5c4)c4ccccc4N3)CCC3C1c1c2cccc1N3c1ccc2oc3ccccc3c2c1. The summed E-state index contributed by atoms with van der Waals surface area (Å²) >= 11 is 0. The lowest BCUT2D eigenvalue weighted by atomic mass is 9.70. The minimum Gasteiger partial charge on any atom is -0.456 e. The normalized spacial score (nSPS) is 20.6. The molecule has 10 aromatic rings. The van der Waals surface area contributed by atoms with Gasteiger partial charge in [-0.2, -0.15) is 0 Å². The van der Waals surface area contributed by atoms with Crippen LogP contribution >= 0.6 is 0 Å². The van der Waals surface area contributed by atoms with E-state index in [1.165, 1.54) is 61.2 Å². The van der Waals surface area contributed by atoms with Gasteiger partial charge in [0, 0.05) is 78.7 Å². The fourth-order valence-electron chi connectivity index (χ4n) is 12.2. The average molecular weight is 799 g/mol. The molecule has 5 aliphatic rings. The molecule has 6 heteroatoms. The number of rotatable bonds is 3. The van der Waals surface area contributed by atoms with Crippen molar-refractivity contribution in [3.05, 3.63) is 203 Å². The lowest BCUT2D eigenvalue weighted by Gasteiger charge is -2.36. The predicted octanol–water partition coefficient (Wildman–Crippen LogP) is 13.9. The van der Waals surface area contributed by atoms with Gasteiger partial charge in [0.2, 0.25) is 6.29 Å². The monoisotopic (exact) mass is 798 g/mol. The van der Waals surface area contributed by atoms with E-state index in [4.69, 9.17) is 13.8 Å². The molecule has 0 bridgehead atoms. The standard InChI is InChI=1S/C56H38N4O2/c1-2-12-34-33(11-1)37-16-9-19-43-51(37)53-45(59(43)32-24-28-50-41(30-32)36-14-5-8-22-48(36)62-50)25-26-46-54(53)52-38(34)17-10-20-44(52)60(46)56-57-42-18-6-3-15-39(42)55(58-56)31-23-27-49-40(29-31)35-13-4-7-21-47(35)61-49/h1-10,12-24,27-30,33,45,53,56-57H,11,25-26H2. The van der Waals surface area contributed by atoms with E-state index in [2.05, 4.69) is 166 Å². The van der Waals surface area contributed by atoms with Crippen molar-refractivity contribution in [2.75, 3.05) is 10.2 Å². The Kier molecular flexibility index (Phi) is 6.45. The first kappa shape index (κ1) is 33.2. The quantitative estimate of drug-likeness (QED) is 0.193. The molecular weight excluding hydrogens is 761 g/mol. The number of aromatic nitrogens is 1. The summed E-state index contributed by atoms with van der Waals surface area (Å²) < 4.78 is 15.2. The van der Waals surface area contributed by atoms with Gasteiger partial charge in [0.25, 0.3) is 0 Å². The first-order valence-corrected chi connectivity index (χ1v) is 22.0. The Morgan fingerprint density at radius 1 is 0.645 bits per heavy atom. The first-order valence-electron chi connectivity index (χ1n) is 22.0. The van der Waals surface area contributed by atoms with Gasteiger partial charge in [0.05, 0.1) is 11.2 Å². The van der Waals surface area contributed by atoms with Crippen LogP contribution in [0, 0.1) is 0 Å². The Morgan fingerprint density at radius 2 is 1.39 bits per heavy atom. The van der Waals surface area contributed by atoms with Crippen molar-refractivity contribution in [1.82, 2.24) is 4.57 Å². The van der Waals surface area contributed by atoms with Gasteiger partial charge in [-0.05, 0) is 114 Å². The Hall–Kier alpha value is -7.57. The van der Waals surface area contributed by atoms with Crippen molar-refractivity contribution in [1.29, 1.82) is 0 Å². The van der Waals surface area contributed by atoms with Gasteiger partial charge in [-0.15, -0.1) is 0 Å². The van der Waals surface area contributed by atoms with Crippen molar-refractivity contribution in [2.45, 2.75) is 43.4 Å². The topological polar surface area (TPSA) is 58.8 Å². The lowest BCUT2D eigenvalue weighted by molar-refractivity contribution is 0.497. The van der Waals surface area contributed by atoms with Crippen LogP contribution in [0.4, 0.5) is 17.1 Å². The molecule has 7 aromatic carbocycles. The summed E-state index contributed by atoms with van der Waals surface area (Å²) in [7, 11) is 0. The van der Waals surface area contributed by atoms with Gasteiger partial charge < -0.3 is 23.6 Å². The molecule has 15 rings (SSSR count). The van der Waals surface area contributed by atoms with Gasteiger partial charge in [0.15, 0.2) is 0 Å². The van der Waals surface area contributed by atoms with Crippen LogP contribution in [0.5, 0.6) is 0 Å². The van der Waals surface area contributed by atoms with E-state index in [1.807, 2.05) is 12.1 Å². The summed E-state index contributed by atoms with van der Waals surface area (Å²) in [5, 5.41) is 9.90. The van der Waals surface area contributed by atoms with Crippen molar-refractivity contribution < 1.29 is 8.83 Å². The molecule has 3 aliphatic carbocycles. The first-order chi connectivity index (χ1) is 30.7. The molecular formula is C56H38N4O2. The minimum absolute atomic E-state index is 0.190. The van der Waals surface area contributed by atoms with E-state index in [-0.39, 0.29) is 24.2 Å². The highest BCUT2D eigenvalue weighted by molar-refractivity contribution is 6.19. The third kappa shape index (κ3) is 4.31. The number of hydrogen-bond acceptors (Lipinski definition) is 5. The molecule has 0 radical (unpaired) electrons. The highest BCUT2D eigenvalue weighted by Gasteiger charge is 2.49. The third-order valence-electron chi connectivity index (χ3n) is 14.7. The molecule has 294 valence electrons. The van der Waals surface area contributed by atoms with E-state index < -0.39 is 0 Å². The number of anilines is 3. The van der Waals surface area contributed by atoms with Crippen LogP contribution < -0.4 is 10.2 Å². The summed E-state index contributed by atoms with van der Waals surface area (Å²) in [6.45, 7) is 0. The van der Waals surface area contributed by atoms with Gasteiger partial charge >= 0.3 is 0 Å². The maximum atomic E-state index is 6.34. The van der Waals surface area contributed by atoms with Crippen molar-refractivity contribution >= 4 is 83.1 Å². The Bertz CT molecular complexity index is 3710. The summed E-state index contributed by atoms with van der Waals surface area (Å²) in [6.07, 6.45) is 9.59. The van der Waals surface area contributed by atoms with Crippen LogP contribution in [0.3, 0.4) is 0 Å². The van der Waals surface area contributed by atoms with Crippen LogP contribution in [0.1, 0.15) is 70.0 Å². The molecule has 4 atom stereocenters. The highest BCUT2D eigenvalue weighted by Crippen LogP contribution is 2.60. The number of benzene rings is 7. The molecule has 0 amide bonds. The van der Waals surface area contributed by atoms with Gasteiger partial charge in [-0.1, -0.05) is 97.1 Å². The molecule has 1 N–H and O–H groups in total. The maximum Gasteiger partial charge on any atom is 0.201 e. The lowest BCUT2D eigenvalue weighted by Crippen LogP contribution is -2.35. The second-order valence-corrected chi connectivity index (χ2v) is 17.6. The molecule has 0 saturated heterocycles. The van der Waals surface area contributed by atoms with Crippen LogP contribution in [0.25, 0.3) is 60.4 Å². The summed E-state index contributed by atoms with van der Waals surface area (Å²) in [6, 6.07) is 53.2. The molecule has 2 aliphatic heterocycles. The van der Waals surface area contributed by atoms with Crippen LogP contribution in [-0.2, 0) is 6.42 Å². The fraction of sp³-hybridized carbons (Fsp3) is 0.125. The number of aliphatic imine (C=N–C) groups is 1. The number of nitrogens with zero attached hydrogens (tertiary/aromatic N) is 3. The number of fused-ring (bicyclic) bond motifs is 10. The van der Waals surface area contributed by atoms with Crippen LogP contribution in [0.15, 0.2) is 178 Å². The number of furan rings is 2. The Labute approximate surface area is 356 Å². The number of hydrogen-bond donors (Lipinski definition) is 1. The Morgan fingerprint density at radius 3 is 2.26 bits per heavy atom. The van der Waals surface area contributed by atoms with Crippen molar-refractivity contribution in [3.8, 4) is 0 Å². The molecule has 4 unspecified atom stereocenters. The largest absolute Gasteiger partial charge is 0.456 e.